The number of alkyl halides is 2. The summed E-state index contributed by atoms with van der Waals surface area (Å²) in [5.74, 6) is -3.21. The SMILES string of the molecule is CC1CN(Cc2cnn3cc(C(NC(=O)c4ccnn4C(C)C)C4CCC(F)(F)CC4)nc3c2)C(=O)N1. The fraction of sp³-hybridized carbons (Fsp3) is 0.560. The first kappa shape index (κ1) is 25.1. The highest BCUT2D eigenvalue weighted by Gasteiger charge is 2.39. The number of nitrogens with zero attached hydrogens (tertiary/aromatic N) is 6. The van der Waals surface area contributed by atoms with Crippen molar-refractivity contribution in [2.75, 3.05) is 6.54 Å². The number of halogens is 2. The van der Waals surface area contributed by atoms with E-state index in [1.165, 1.54) is 0 Å². The summed E-state index contributed by atoms with van der Waals surface area (Å²) in [7, 11) is 0. The topological polar surface area (TPSA) is 109 Å². The number of carbonyl (C=O) groups excluding carboxylic acids is 2. The van der Waals surface area contributed by atoms with Gasteiger partial charge in [0.1, 0.15) is 5.69 Å². The van der Waals surface area contributed by atoms with Crippen molar-refractivity contribution in [3.8, 4) is 0 Å². The van der Waals surface area contributed by atoms with Crippen LogP contribution in [-0.4, -0.2) is 59.7 Å². The Balaban J connectivity index is 1.42. The van der Waals surface area contributed by atoms with Crippen molar-refractivity contribution < 1.29 is 18.4 Å². The van der Waals surface area contributed by atoms with Gasteiger partial charge in [-0.15, -0.1) is 0 Å². The number of carbonyl (C=O) groups is 2. The summed E-state index contributed by atoms with van der Waals surface area (Å²) >= 11 is 0. The molecule has 1 saturated heterocycles. The van der Waals surface area contributed by atoms with Crippen LogP contribution in [0.5, 0.6) is 0 Å². The molecule has 1 aliphatic heterocycles. The van der Waals surface area contributed by atoms with Gasteiger partial charge >= 0.3 is 6.03 Å². The van der Waals surface area contributed by atoms with E-state index in [1.807, 2.05) is 26.8 Å². The molecule has 37 heavy (non-hydrogen) atoms. The lowest BCUT2D eigenvalue weighted by molar-refractivity contribution is -0.0495. The Labute approximate surface area is 213 Å². The van der Waals surface area contributed by atoms with Crippen LogP contribution in [0, 0.1) is 5.92 Å². The Kier molecular flexibility index (Phi) is 6.59. The van der Waals surface area contributed by atoms with E-state index in [4.69, 9.17) is 4.98 Å². The maximum atomic E-state index is 13.9. The second-order valence-electron chi connectivity index (χ2n) is 10.5. The van der Waals surface area contributed by atoms with Crippen LogP contribution in [0.15, 0.2) is 30.7 Å². The number of fused-ring (bicyclic) bond motifs is 1. The lowest BCUT2D eigenvalue weighted by Gasteiger charge is -2.33. The number of nitrogens with one attached hydrogen (secondary N) is 2. The van der Waals surface area contributed by atoms with Crippen molar-refractivity contribution in [3.63, 3.8) is 0 Å². The van der Waals surface area contributed by atoms with E-state index < -0.39 is 12.0 Å². The van der Waals surface area contributed by atoms with Gasteiger partial charge in [0, 0.05) is 44.2 Å². The quantitative estimate of drug-likeness (QED) is 0.500. The zero-order chi connectivity index (χ0) is 26.3. The molecule has 3 aromatic rings. The summed E-state index contributed by atoms with van der Waals surface area (Å²) < 4.78 is 31.1. The Hall–Kier alpha value is -3.57. The summed E-state index contributed by atoms with van der Waals surface area (Å²) in [6.45, 7) is 6.82. The highest BCUT2D eigenvalue weighted by molar-refractivity contribution is 5.92. The molecule has 10 nitrogen and oxygen atoms in total. The van der Waals surface area contributed by atoms with Crippen molar-refractivity contribution in [1.82, 2.24) is 39.9 Å². The molecular formula is C25H32F2N8O2. The molecule has 0 spiro atoms. The molecule has 4 heterocycles. The van der Waals surface area contributed by atoms with Crippen molar-refractivity contribution in [1.29, 1.82) is 0 Å². The first-order valence-electron chi connectivity index (χ1n) is 12.7. The third-order valence-electron chi connectivity index (χ3n) is 7.15. The van der Waals surface area contributed by atoms with Crippen molar-refractivity contribution in [2.45, 2.75) is 77.0 Å². The van der Waals surface area contributed by atoms with Crippen molar-refractivity contribution in [3.05, 3.63) is 47.7 Å². The Morgan fingerprint density at radius 2 is 2.03 bits per heavy atom. The van der Waals surface area contributed by atoms with Crippen LogP contribution in [0.4, 0.5) is 13.6 Å². The molecule has 2 N–H and O–H groups in total. The highest BCUT2D eigenvalue weighted by atomic mass is 19.3. The van der Waals surface area contributed by atoms with E-state index >= 15 is 0 Å². The van der Waals surface area contributed by atoms with E-state index in [0.717, 1.165) is 5.56 Å². The molecule has 0 aromatic carbocycles. The lowest BCUT2D eigenvalue weighted by Crippen LogP contribution is -2.38. The maximum absolute atomic E-state index is 13.9. The van der Waals surface area contributed by atoms with Crippen LogP contribution >= 0.6 is 0 Å². The smallest absolute Gasteiger partial charge is 0.318 e. The number of hydrogen-bond donors (Lipinski definition) is 2. The average Bonchev–Trinajstić information content (AvgIpc) is 3.56. The molecule has 1 saturated carbocycles. The summed E-state index contributed by atoms with van der Waals surface area (Å²) in [5, 5.41) is 14.6. The van der Waals surface area contributed by atoms with Gasteiger partial charge in [-0.3, -0.25) is 9.48 Å². The van der Waals surface area contributed by atoms with Crippen molar-refractivity contribution in [2.24, 2.45) is 5.92 Å². The first-order chi connectivity index (χ1) is 17.6. The van der Waals surface area contributed by atoms with Gasteiger partial charge in [0.25, 0.3) is 5.91 Å². The van der Waals surface area contributed by atoms with Crippen LogP contribution in [0.1, 0.15) is 80.3 Å². The summed E-state index contributed by atoms with van der Waals surface area (Å²) in [5.41, 5.74) is 2.36. The Morgan fingerprint density at radius 1 is 1.27 bits per heavy atom. The first-order valence-corrected chi connectivity index (χ1v) is 12.7. The van der Waals surface area contributed by atoms with Gasteiger partial charge in [-0.05, 0) is 57.2 Å². The fourth-order valence-electron chi connectivity index (χ4n) is 5.24. The predicted molar refractivity (Wildman–Crippen MR) is 131 cm³/mol. The summed E-state index contributed by atoms with van der Waals surface area (Å²) in [6, 6.07) is 2.90. The summed E-state index contributed by atoms with van der Waals surface area (Å²) in [4.78, 5) is 31.9. The van der Waals surface area contributed by atoms with Crippen molar-refractivity contribution >= 4 is 17.6 Å². The highest BCUT2D eigenvalue weighted by Crippen LogP contribution is 2.41. The number of rotatable bonds is 7. The maximum Gasteiger partial charge on any atom is 0.318 e. The minimum atomic E-state index is -2.68. The monoisotopic (exact) mass is 514 g/mol. The minimum absolute atomic E-state index is 0.0129. The number of aromatic nitrogens is 5. The van der Waals surface area contributed by atoms with E-state index in [1.54, 1.807) is 38.8 Å². The molecule has 2 atom stereocenters. The zero-order valence-electron chi connectivity index (χ0n) is 21.2. The molecule has 2 aliphatic rings. The molecule has 1 aliphatic carbocycles. The van der Waals surface area contributed by atoms with E-state index in [-0.39, 0.29) is 55.6 Å². The fourth-order valence-corrected chi connectivity index (χ4v) is 5.24. The van der Waals surface area contributed by atoms with E-state index in [0.29, 0.717) is 30.1 Å². The van der Waals surface area contributed by atoms with Crippen LogP contribution in [0.25, 0.3) is 5.65 Å². The molecule has 2 fully saturated rings. The molecule has 0 bridgehead atoms. The zero-order valence-corrected chi connectivity index (χ0v) is 21.2. The second-order valence-corrected chi connectivity index (χ2v) is 10.5. The van der Waals surface area contributed by atoms with Gasteiger partial charge < -0.3 is 15.5 Å². The van der Waals surface area contributed by atoms with Crippen LogP contribution in [0.2, 0.25) is 0 Å². The van der Waals surface area contributed by atoms with Gasteiger partial charge in [-0.25, -0.2) is 23.1 Å². The third-order valence-corrected chi connectivity index (χ3v) is 7.15. The molecule has 0 radical (unpaired) electrons. The third kappa shape index (κ3) is 5.28. The Bertz CT molecular complexity index is 1290. The molecule has 3 amide bonds. The normalized spacial score (nSPS) is 21.0. The van der Waals surface area contributed by atoms with Gasteiger partial charge in [0.2, 0.25) is 5.92 Å². The molecule has 12 heteroatoms. The molecule has 198 valence electrons. The number of hydrogen-bond acceptors (Lipinski definition) is 5. The number of amides is 3. The van der Waals surface area contributed by atoms with Crippen LogP contribution < -0.4 is 10.6 Å². The molecule has 5 rings (SSSR count). The number of urea groups is 1. The van der Waals surface area contributed by atoms with Gasteiger partial charge in [-0.2, -0.15) is 10.2 Å². The summed E-state index contributed by atoms with van der Waals surface area (Å²) in [6.07, 6.45) is 5.10. The van der Waals surface area contributed by atoms with Gasteiger partial charge in [0.05, 0.1) is 24.1 Å². The lowest BCUT2D eigenvalue weighted by atomic mass is 9.81. The minimum Gasteiger partial charge on any atom is -0.342 e. The number of imidazole rings is 1. The molecule has 2 unspecified atom stereocenters. The van der Waals surface area contributed by atoms with Gasteiger partial charge in [-0.1, -0.05) is 0 Å². The predicted octanol–water partition coefficient (Wildman–Crippen LogP) is 3.72. The van der Waals surface area contributed by atoms with Crippen LogP contribution in [-0.2, 0) is 6.54 Å². The molecule has 3 aromatic heterocycles. The average molecular weight is 515 g/mol. The largest absolute Gasteiger partial charge is 0.342 e. The standard InChI is InChI=1S/C25H32F2N8O2/c1-15(2)35-20(6-9-28-35)23(36)32-22(18-4-7-25(26,27)8-5-18)19-14-34-21(31-19)10-17(11-29-34)13-33-12-16(3)30-24(33)37/h6,9-11,14-16,18,22H,4-5,7-8,12-13H2,1-3H3,(H,30,37)(H,32,36). The van der Waals surface area contributed by atoms with Gasteiger partial charge in [0.15, 0.2) is 5.65 Å². The van der Waals surface area contributed by atoms with E-state index in [9.17, 15) is 18.4 Å². The second kappa shape index (κ2) is 9.71. The van der Waals surface area contributed by atoms with E-state index in [2.05, 4.69) is 20.8 Å². The molecular weight excluding hydrogens is 482 g/mol. The Morgan fingerprint density at radius 3 is 2.70 bits per heavy atom. The van der Waals surface area contributed by atoms with Crippen LogP contribution in [0.3, 0.4) is 0 Å².